The molecule has 0 aliphatic heterocycles. The Morgan fingerprint density at radius 2 is 1.65 bits per heavy atom. The molecule has 102 valence electrons. The Morgan fingerprint density at radius 1 is 1.06 bits per heavy atom. The first-order chi connectivity index (χ1) is 8.31. The molecule has 4 heteroatoms. The van der Waals surface area contributed by atoms with Crippen molar-refractivity contribution < 1.29 is 10.2 Å². The van der Waals surface area contributed by atoms with Crippen molar-refractivity contribution in [2.24, 2.45) is 0 Å². The van der Waals surface area contributed by atoms with E-state index in [0.29, 0.717) is 25.2 Å². The molecule has 0 bridgehead atoms. The summed E-state index contributed by atoms with van der Waals surface area (Å²) in [6.45, 7) is 5.08. The maximum absolute atomic E-state index is 9.03. The molecule has 0 unspecified atom stereocenters. The molecule has 0 atom stereocenters. The van der Waals surface area contributed by atoms with Crippen molar-refractivity contribution in [3.05, 3.63) is 0 Å². The molecule has 1 aliphatic rings. The Balaban J connectivity index is 2.27. The number of nitrogens with zero attached hydrogens (tertiary/aromatic N) is 1. The van der Waals surface area contributed by atoms with Gasteiger partial charge in [0.15, 0.2) is 0 Å². The molecule has 1 saturated carbocycles. The Bertz CT molecular complexity index is 176. The van der Waals surface area contributed by atoms with Crippen LogP contribution >= 0.6 is 0 Å². The van der Waals surface area contributed by atoms with Crippen LogP contribution in [0.4, 0.5) is 0 Å². The Hall–Kier alpha value is -0.160. The quantitative estimate of drug-likeness (QED) is 0.585. The highest BCUT2D eigenvalue weighted by Crippen LogP contribution is 2.22. The van der Waals surface area contributed by atoms with Gasteiger partial charge in [0.2, 0.25) is 0 Å². The highest BCUT2D eigenvalue weighted by molar-refractivity contribution is 4.82. The van der Waals surface area contributed by atoms with Crippen LogP contribution in [0.2, 0.25) is 0 Å². The molecule has 1 aliphatic carbocycles. The van der Waals surface area contributed by atoms with Gasteiger partial charge in [0.1, 0.15) is 0 Å². The first-order valence-electron chi connectivity index (χ1n) is 7.01. The van der Waals surface area contributed by atoms with Crippen molar-refractivity contribution in [3.8, 4) is 0 Å². The number of aliphatic hydroxyl groups excluding tert-OH is 2. The molecule has 3 N–H and O–H groups in total. The van der Waals surface area contributed by atoms with Crippen LogP contribution in [-0.2, 0) is 0 Å². The van der Waals surface area contributed by atoms with E-state index in [9.17, 15) is 0 Å². The normalized spacial score (nSPS) is 25.4. The fourth-order valence-electron chi connectivity index (χ4n) is 2.73. The molecule has 0 aromatic heterocycles. The zero-order valence-corrected chi connectivity index (χ0v) is 11.1. The first-order valence-corrected chi connectivity index (χ1v) is 7.01. The lowest BCUT2D eigenvalue weighted by atomic mass is 9.90. The molecule has 0 radical (unpaired) electrons. The average Bonchev–Trinajstić information content (AvgIpc) is 2.37. The molecule has 1 fully saturated rings. The zero-order valence-electron chi connectivity index (χ0n) is 11.1. The highest BCUT2D eigenvalue weighted by Gasteiger charge is 2.24. The van der Waals surface area contributed by atoms with Crippen molar-refractivity contribution >= 4 is 0 Å². The van der Waals surface area contributed by atoms with Crippen molar-refractivity contribution in [1.82, 2.24) is 10.2 Å². The van der Waals surface area contributed by atoms with Crippen LogP contribution in [0.1, 0.15) is 39.0 Å². The van der Waals surface area contributed by atoms with Gasteiger partial charge < -0.3 is 15.5 Å². The number of aliphatic hydroxyl groups is 2. The summed E-state index contributed by atoms with van der Waals surface area (Å²) < 4.78 is 0. The summed E-state index contributed by atoms with van der Waals surface area (Å²) in [6.07, 6.45) is 6.00. The molecule has 0 heterocycles. The SMILES string of the molecule is CCCNC1CCC(N(CCO)CCO)CC1. The molecule has 0 aromatic rings. The molecule has 1 rings (SSSR count). The van der Waals surface area contributed by atoms with Crippen molar-refractivity contribution in [2.75, 3.05) is 32.8 Å². The average molecular weight is 244 g/mol. The first kappa shape index (κ1) is 14.9. The summed E-state index contributed by atoms with van der Waals surface area (Å²) in [5.41, 5.74) is 0. The summed E-state index contributed by atoms with van der Waals surface area (Å²) in [5, 5.41) is 21.6. The van der Waals surface area contributed by atoms with Crippen molar-refractivity contribution in [3.63, 3.8) is 0 Å². The van der Waals surface area contributed by atoms with Crippen LogP contribution in [0.3, 0.4) is 0 Å². The predicted molar refractivity (Wildman–Crippen MR) is 70.1 cm³/mol. The van der Waals surface area contributed by atoms with Gasteiger partial charge in [-0.25, -0.2) is 0 Å². The molecule has 17 heavy (non-hydrogen) atoms. The molecule has 4 nitrogen and oxygen atoms in total. The third kappa shape index (κ3) is 5.34. The van der Waals surface area contributed by atoms with Gasteiger partial charge in [-0.2, -0.15) is 0 Å². The van der Waals surface area contributed by atoms with Gasteiger partial charge >= 0.3 is 0 Å². The monoisotopic (exact) mass is 244 g/mol. The van der Waals surface area contributed by atoms with E-state index in [2.05, 4.69) is 17.1 Å². The zero-order chi connectivity index (χ0) is 12.5. The van der Waals surface area contributed by atoms with Gasteiger partial charge in [0.05, 0.1) is 13.2 Å². The van der Waals surface area contributed by atoms with E-state index in [-0.39, 0.29) is 13.2 Å². The van der Waals surface area contributed by atoms with Crippen LogP contribution in [0.5, 0.6) is 0 Å². The van der Waals surface area contributed by atoms with E-state index >= 15 is 0 Å². The van der Waals surface area contributed by atoms with Gasteiger partial charge in [-0.15, -0.1) is 0 Å². The van der Waals surface area contributed by atoms with E-state index < -0.39 is 0 Å². The van der Waals surface area contributed by atoms with Gasteiger partial charge in [-0.3, -0.25) is 4.90 Å². The maximum atomic E-state index is 9.03. The smallest absolute Gasteiger partial charge is 0.0558 e. The van der Waals surface area contributed by atoms with Gasteiger partial charge in [-0.05, 0) is 38.6 Å². The standard InChI is InChI=1S/C13H28N2O2/c1-2-7-14-12-3-5-13(6-4-12)15(8-10-16)9-11-17/h12-14,16-17H,2-11H2,1H3. The molecule has 0 amide bonds. The number of rotatable bonds is 8. The topological polar surface area (TPSA) is 55.7 Å². The van der Waals surface area contributed by atoms with E-state index in [1.54, 1.807) is 0 Å². The Labute approximate surface area is 105 Å². The van der Waals surface area contributed by atoms with Gasteiger partial charge in [0, 0.05) is 25.2 Å². The minimum atomic E-state index is 0.189. The van der Waals surface area contributed by atoms with Crippen LogP contribution < -0.4 is 5.32 Å². The van der Waals surface area contributed by atoms with E-state index in [0.717, 1.165) is 6.54 Å². The summed E-state index contributed by atoms with van der Waals surface area (Å²) in [5.74, 6) is 0. The largest absolute Gasteiger partial charge is 0.395 e. The van der Waals surface area contributed by atoms with Gasteiger partial charge in [-0.1, -0.05) is 6.92 Å². The fraction of sp³-hybridized carbons (Fsp3) is 1.00. The maximum Gasteiger partial charge on any atom is 0.0558 e. The fourth-order valence-corrected chi connectivity index (χ4v) is 2.73. The lowest BCUT2D eigenvalue weighted by Crippen LogP contribution is -2.44. The third-order valence-corrected chi connectivity index (χ3v) is 3.67. The second kappa shape index (κ2) is 8.86. The second-order valence-corrected chi connectivity index (χ2v) is 4.94. The molecule has 0 aromatic carbocycles. The number of nitrogens with one attached hydrogen (secondary N) is 1. The van der Waals surface area contributed by atoms with Crippen LogP contribution in [0, 0.1) is 0 Å². The minimum Gasteiger partial charge on any atom is -0.395 e. The Morgan fingerprint density at radius 3 is 2.12 bits per heavy atom. The van der Waals surface area contributed by atoms with Crippen LogP contribution in [0.15, 0.2) is 0 Å². The predicted octanol–water partition coefficient (Wildman–Crippen LogP) is 0.584. The summed E-state index contributed by atoms with van der Waals surface area (Å²) in [4.78, 5) is 2.23. The summed E-state index contributed by atoms with van der Waals surface area (Å²) >= 11 is 0. The van der Waals surface area contributed by atoms with E-state index in [1.807, 2.05) is 0 Å². The van der Waals surface area contributed by atoms with Gasteiger partial charge in [0.25, 0.3) is 0 Å². The minimum absolute atomic E-state index is 0.189. The number of hydrogen-bond donors (Lipinski definition) is 3. The van der Waals surface area contributed by atoms with Crippen LogP contribution in [-0.4, -0.2) is 60.0 Å². The third-order valence-electron chi connectivity index (χ3n) is 3.67. The van der Waals surface area contributed by atoms with E-state index in [4.69, 9.17) is 10.2 Å². The molecule has 0 spiro atoms. The Kier molecular flexibility index (Phi) is 7.77. The van der Waals surface area contributed by atoms with Crippen LogP contribution in [0.25, 0.3) is 0 Å². The summed E-state index contributed by atoms with van der Waals surface area (Å²) in [7, 11) is 0. The highest BCUT2D eigenvalue weighted by atomic mass is 16.3. The van der Waals surface area contributed by atoms with Crippen molar-refractivity contribution in [2.45, 2.75) is 51.1 Å². The summed E-state index contributed by atoms with van der Waals surface area (Å²) in [6, 6.07) is 1.23. The number of hydrogen-bond acceptors (Lipinski definition) is 4. The van der Waals surface area contributed by atoms with E-state index in [1.165, 1.54) is 32.1 Å². The second-order valence-electron chi connectivity index (χ2n) is 4.94. The van der Waals surface area contributed by atoms with Crippen molar-refractivity contribution in [1.29, 1.82) is 0 Å². The molecular formula is C13H28N2O2. The lowest BCUT2D eigenvalue weighted by Gasteiger charge is -2.36. The lowest BCUT2D eigenvalue weighted by molar-refractivity contribution is 0.0950. The molecule has 0 saturated heterocycles. The molecular weight excluding hydrogens is 216 g/mol.